The molecule has 2 heterocycles. The van der Waals surface area contributed by atoms with Crippen LogP contribution in [-0.2, 0) is 17.6 Å². The topological polar surface area (TPSA) is 23.6 Å². The van der Waals surface area contributed by atoms with Crippen molar-refractivity contribution in [3.05, 3.63) is 57.6 Å². The number of hydrogen-bond donors (Lipinski definition) is 0. The SMILES string of the molecule is CC(=O)C1CCN(CCCN2c3cc(Cl)ccc3CCc3ccc(Cl)cc32)CC1. The van der Waals surface area contributed by atoms with E-state index in [-0.39, 0.29) is 5.92 Å². The van der Waals surface area contributed by atoms with Crippen LogP contribution in [0.15, 0.2) is 36.4 Å². The highest BCUT2D eigenvalue weighted by molar-refractivity contribution is 6.31. The molecule has 2 aromatic carbocycles. The summed E-state index contributed by atoms with van der Waals surface area (Å²) >= 11 is 12.7. The van der Waals surface area contributed by atoms with Gasteiger partial charge in [0.25, 0.3) is 0 Å². The van der Waals surface area contributed by atoms with Crippen molar-refractivity contribution in [2.45, 2.75) is 39.0 Å². The molecule has 4 rings (SSSR count). The fourth-order valence-electron chi connectivity index (χ4n) is 4.65. The lowest BCUT2D eigenvalue weighted by molar-refractivity contribution is -0.122. The van der Waals surface area contributed by atoms with E-state index in [0.717, 1.165) is 68.3 Å². The second-order valence-corrected chi connectivity index (χ2v) is 9.15. The Labute approximate surface area is 183 Å². The van der Waals surface area contributed by atoms with Gasteiger partial charge in [0.15, 0.2) is 0 Å². The molecule has 2 aliphatic heterocycles. The van der Waals surface area contributed by atoms with Gasteiger partial charge >= 0.3 is 0 Å². The highest BCUT2D eigenvalue weighted by Gasteiger charge is 2.24. The number of aryl methyl sites for hydroxylation is 2. The predicted molar refractivity (Wildman–Crippen MR) is 122 cm³/mol. The summed E-state index contributed by atoms with van der Waals surface area (Å²) in [6.07, 6.45) is 5.07. The molecule has 1 fully saturated rings. The summed E-state index contributed by atoms with van der Waals surface area (Å²) in [5.41, 5.74) is 5.08. The third kappa shape index (κ3) is 4.79. The minimum Gasteiger partial charge on any atom is -0.341 e. The lowest BCUT2D eigenvalue weighted by atomic mass is 9.93. The van der Waals surface area contributed by atoms with E-state index in [4.69, 9.17) is 23.2 Å². The fourth-order valence-corrected chi connectivity index (χ4v) is 4.99. The number of piperidine rings is 1. The van der Waals surface area contributed by atoms with E-state index >= 15 is 0 Å². The lowest BCUT2D eigenvalue weighted by Gasteiger charge is -2.32. The predicted octanol–water partition coefficient (Wildman–Crippen LogP) is 5.92. The van der Waals surface area contributed by atoms with E-state index < -0.39 is 0 Å². The number of Topliss-reactive ketones (excluding diaryl/α,β-unsaturated/α-hetero) is 1. The van der Waals surface area contributed by atoms with Crippen LogP contribution in [0.4, 0.5) is 11.4 Å². The van der Waals surface area contributed by atoms with Gasteiger partial charge in [-0.25, -0.2) is 0 Å². The molecule has 0 N–H and O–H groups in total. The largest absolute Gasteiger partial charge is 0.341 e. The smallest absolute Gasteiger partial charge is 0.133 e. The van der Waals surface area contributed by atoms with E-state index in [1.165, 1.54) is 22.5 Å². The van der Waals surface area contributed by atoms with Crippen molar-refractivity contribution in [2.24, 2.45) is 5.92 Å². The summed E-state index contributed by atoms with van der Waals surface area (Å²) in [7, 11) is 0. The van der Waals surface area contributed by atoms with Gasteiger partial charge in [-0.15, -0.1) is 0 Å². The summed E-state index contributed by atoms with van der Waals surface area (Å²) in [5.74, 6) is 0.607. The quantitative estimate of drug-likeness (QED) is 0.587. The van der Waals surface area contributed by atoms with Crippen molar-refractivity contribution in [3.63, 3.8) is 0 Å². The first-order valence-electron chi connectivity index (χ1n) is 10.6. The maximum absolute atomic E-state index is 11.6. The molecule has 0 aliphatic carbocycles. The zero-order valence-corrected chi connectivity index (χ0v) is 18.5. The van der Waals surface area contributed by atoms with E-state index in [1.54, 1.807) is 6.92 Å². The van der Waals surface area contributed by atoms with Crippen LogP contribution in [0.3, 0.4) is 0 Å². The summed E-state index contributed by atoms with van der Waals surface area (Å²) in [4.78, 5) is 16.5. The number of ketones is 1. The molecule has 3 nitrogen and oxygen atoms in total. The molecule has 2 aliphatic rings. The average Bonchev–Trinajstić information content (AvgIpc) is 2.85. The van der Waals surface area contributed by atoms with Crippen molar-refractivity contribution in [1.29, 1.82) is 0 Å². The Hall–Kier alpha value is -1.55. The average molecular weight is 431 g/mol. The molecule has 0 bridgehead atoms. The Kier molecular flexibility index (Phi) is 6.48. The number of carbonyl (C=O) groups excluding carboxylic acids is 1. The van der Waals surface area contributed by atoms with Crippen molar-refractivity contribution in [1.82, 2.24) is 4.90 Å². The number of halogens is 2. The molecule has 0 atom stereocenters. The number of rotatable bonds is 5. The van der Waals surface area contributed by atoms with Crippen molar-refractivity contribution < 1.29 is 4.79 Å². The standard InChI is InChI=1S/C24H28Cl2N2O/c1-17(29)18-9-13-27(14-10-18)11-2-12-28-23-15-21(25)7-5-19(23)3-4-20-6-8-22(26)16-24(20)28/h5-8,15-16,18H,2-4,9-14H2,1H3. The van der Waals surface area contributed by atoms with Gasteiger partial charge in [0.2, 0.25) is 0 Å². The summed E-state index contributed by atoms with van der Waals surface area (Å²) in [5, 5.41) is 1.54. The molecule has 0 spiro atoms. The van der Waals surface area contributed by atoms with Crippen LogP contribution in [0, 0.1) is 5.92 Å². The number of likely N-dealkylation sites (tertiary alicyclic amines) is 1. The Balaban J connectivity index is 1.50. The van der Waals surface area contributed by atoms with Gasteiger partial charge < -0.3 is 9.80 Å². The highest BCUT2D eigenvalue weighted by Crippen LogP contribution is 2.38. The Morgan fingerprint density at radius 1 is 0.931 bits per heavy atom. The second-order valence-electron chi connectivity index (χ2n) is 8.28. The molecule has 0 aromatic heterocycles. The third-order valence-electron chi connectivity index (χ3n) is 6.36. The van der Waals surface area contributed by atoms with Crippen molar-refractivity contribution >= 4 is 40.4 Å². The number of anilines is 2. The summed E-state index contributed by atoms with van der Waals surface area (Å²) < 4.78 is 0. The minimum absolute atomic E-state index is 0.264. The minimum atomic E-state index is 0.264. The second kappa shape index (κ2) is 9.07. The third-order valence-corrected chi connectivity index (χ3v) is 6.83. The van der Waals surface area contributed by atoms with E-state index in [9.17, 15) is 4.79 Å². The van der Waals surface area contributed by atoms with Gasteiger partial charge in [0.1, 0.15) is 5.78 Å². The van der Waals surface area contributed by atoms with E-state index in [0.29, 0.717) is 5.78 Å². The number of nitrogens with zero attached hydrogens (tertiary/aromatic N) is 2. The van der Waals surface area contributed by atoms with Gasteiger partial charge in [0.05, 0.1) is 0 Å². The van der Waals surface area contributed by atoms with Gasteiger partial charge in [-0.3, -0.25) is 4.79 Å². The summed E-state index contributed by atoms with van der Waals surface area (Å²) in [6, 6.07) is 12.5. The van der Waals surface area contributed by atoms with Gasteiger partial charge in [-0.1, -0.05) is 35.3 Å². The monoisotopic (exact) mass is 430 g/mol. The molecule has 0 saturated carbocycles. The molecule has 154 valence electrons. The maximum Gasteiger partial charge on any atom is 0.133 e. The van der Waals surface area contributed by atoms with Gasteiger partial charge in [0, 0.05) is 33.9 Å². The lowest BCUT2D eigenvalue weighted by Crippen LogP contribution is -2.37. The highest BCUT2D eigenvalue weighted by atomic mass is 35.5. The first-order chi connectivity index (χ1) is 14.0. The van der Waals surface area contributed by atoms with Gasteiger partial charge in [-0.2, -0.15) is 0 Å². The van der Waals surface area contributed by atoms with Crippen LogP contribution in [0.5, 0.6) is 0 Å². The van der Waals surface area contributed by atoms with Crippen LogP contribution < -0.4 is 4.90 Å². The Morgan fingerprint density at radius 2 is 1.48 bits per heavy atom. The molecule has 0 unspecified atom stereocenters. The van der Waals surface area contributed by atoms with E-state index in [2.05, 4.69) is 34.1 Å². The molecular formula is C24H28Cl2N2O. The van der Waals surface area contributed by atoms with Gasteiger partial charge in [-0.05, 0) is 94.1 Å². The first kappa shape index (κ1) is 20.7. The normalized spacial score (nSPS) is 17.6. The van der Waals surface area contributed by atoms with E-state index in [1.807, 2.05) is 12.1 Å². The summed E-state index contributed by atoms with van der Waals surface area (Å²) in [6.45, 7) is 5.75. The fraction of sp³-hybridized carbons (Fsp3) is 0.458. The maximum atomic E-state index is 11.6. The zero-order valence-electron chi connectivity index (χ0n) is 17.0. The molecule has 0 amide bonds. The molecule has 5 heteroatoms. The van der Waals surface area contributed by atoms with Crippen molar-refractivity contribution in [3.8, 4) is 0 Å². The van der Waals surface area contributed by atoms with Crippen LogP contribution in [0.25, 0.3) is 0 Å². The molecule has 29 heavy (non-hydrogen) atoms. The molecule has 0 radical (unpaired) electrons. The van der Waals surface area contributed by atoms with Crippen LogP contribution in [0.1, 0.15) is 37.3 Å². The number of fused-ring (bicyclic) bond motifs is 2. The van der Waals surface area contributed by atoms with Crippen LogP contribution in [-0.4, -0.2) is 36.9 Å². The van der Waals surface area contributed by atoms with Crippen LogP contribution in [0.2, 0.25) is 10.0 Å². The number of benzene rings is 2. The Morgan fingerprint density at radius 3 is 2.00 bits per heavy atom. The van der Waals surface area contributed by atoms with Crippen molar-refractivity contribution in [2.75, 3.05) is 31.1 Å². The number of hydrogen-bond acceptors (Lipinski definition) is 3. The Bertz CT molecular complexity index is 837. The molecule has 2 aromatic rings. The molecule has 1 saturated heterocycles. The van der Waals surface area contributed by atoms with Crippen LogP contribution >= 0.6 is 23.2 Å². The molecular weight excluding hydrogens is 403 g/mol. The number of carbonyl (C=O) groups is 1. The zero-order chi connectivity index (χ0) is 20.4. The first-order valence-corrected chi connectivity index (χ1v) is 11.3.